The fourth-order valence-corrected chi connectivity index (χ4v) is 2.49. The van der Waals surface area contributed by atoms with Crippen LogP contribution < -0.4 is 5.73 Å². The maximum absolute atomic E-state index is 5.60. The first-order valence-corrected chi connectivity index (χ1v) is 6.86. The molecular weight excluding hydrogens is 258 g/mol. The minimum absolute atomic E-state index is 0.525. The smallest absolute Gasteiger partial charge is 0.123 e. The lowest BCUT2D eigenvalue weighted by molar-refractivity contribution is 0.693. The van der Waals surface area contributed by atoms with Crippen molar-refractivity contribution >= 4 is 17.2 Å². The van der Waals surface area contributed by atoms with Crippen LogP contribution in [0.5, 0.6) is 0 Å². The van der Waals surface area contributed by atoms with E-state index < -0.39 is 0 Å². The van der Waals surface area contributed by atoms with Gasteiger partial charge in [-0.25, -0.2) is 15.0 Å². The normalized spacial score (nSPS) is 10.7. The molecule has 3 aromatic heterocycles. The Labute approximate surface area is 114 Å². The molecule has 96 valence electrons. The molecule has 0 saturated heterocycles. The molecule has 0 aliphatic carbocycles. The second kappa shape index (κ2) is 5.19. The lowest BCUT2D eigenvalue weighted by atomic mass is 10.2. The number of imidazole rings is 1. The zero-order valence-electron chi connectivity index (χ0n) is 10.2. The van der Waals surface area contributed by atoms with Gasteiger partial charge in [0.25, 0.3) is 0 Å². The van der Waals surface area contributed by atoms with Crippen molar-refractivity contribution in [2.75, 3.05) is 5.73 Å². The molecule has 3 rings (SSSR count). The van der Waals surface area contributed by atoms with Crippen LogP contribution in [0.25, 0.3) is 11.3 Å². The molecule has 0 atom stereocenters. The topological polar surface area (TPSA) is 69.6 Å². The number of pyridine rings is 1. The predicted octanol–water partition coefficient (Wildman–Crippen LogP) is 2.23. The summed E-state index contributed by atoms with van der Waals surface area (Å²) in [5.74, 6) is 0.525. The highest BCUT2D eigenvalue weighted by Gasteiger charge is 2.06. The van der Waals surface area contributed by atoms with Gasteiger partial charge in [-0.1, -0.05) is 0 Å². The first kappa shape index (κ1) is 11.9. The van der Waals surface area contributed by atoms with E-state index in [0.29, 0.717) is 5.82 Å². The Morgan fingerprint density at radius 2 is 2.16 bits per heavy atom. The van der Waals surface area contributed by atoms with E-state index in [1.807, 2.05) is 24.1 Å². The number of nitrogens with two attached hydrogens (primary N) is 1. The molecule has 0 aromatic carbocycles. The Morgan fingerprint density at radius 1 is 1.21 bits per heavy atom. The van der Waals surface area contributed by atoms with Crippen LogP contribution in [0.2, 0.25) is 0 Å². The molecule has 0 unspecified atom stereocenters. The van der Waals surface area contributed by atoms with Crippen molar-refractivity contribution in [3.8, 4) is 11.3 Å². The number of thiazole rings is 1. The van der Waals surface area contributed by atoms with E-state index in [4.69, 9.17) is 5.73 Å². The first-order valence-electron chi connectivity index (χ1n) is 5.92. The fraction of sp³-hybridized carbons (Fsp3) is 0.154. The van der Waals surface area contributed by atoms with Crippen molar-refractivity contribution in [3.63, 3.8) is 0 Å². The Bertz CT molecular complexity index is 642. The second-order valence-corrected chi connectivity index (χ2v) is 4.89. The maximum Gasteiger partial charge on any atom is 0.123 e. The number of nitrogen functional groups attached to an aromatic ring is 1. The van der Waals surface area contributed by atoms with Crippen molar-refractivity contribution in [1.82, 2.24) is 19.5 Å². The van der Waals surface area contributed by atoms with Crippen molar-refractivity contribution in [2.45, 2.75) is 13.0 Å². The lowest BCUT2D eigenvalue weighted by Crippen LogP contribution is -2.02. The number of aromatic nitrogens is 4. The van der Waals surface area contributed by atoms with Gasteiger partial charge in [-0.2, -0.15) is 0 Å². The molecule has 19 heavy (non-hydrogen) atoms. The number of anilines is 1. The van der Waals surface area contributed by atoms with Crippen molar-refractivity contribution in [2.24, 2.45) is 0 Å². The largest absolute Gasteiger partial charge is 0.384 e. The number of hydrogen-bond acceptors (Lipinski definition) is 5. The Kier molecular flexibility index (Phi) is 3.24. The number of aryl methyl sites for hydroxylation is 2. The van der Waals surface area contributed by atoms with E-state index in [-0.39, 0.29) is 0 Å². The third kappa shape index (κ3) is 2.63. The van der Waals surface area contributed by atoms with Crippen LogP contribution in [0.15, 0.2) is 41.7 Å². The lowest BCUT2D eigenvalue weighted by Gasteiger charge is -2.07. The van der Waals surface area contributed by atoms with Gasteiger partial charge >= 0.3 is 0 Å². The van der Waals surface area contributed by atoms with Crippen LogP contribution >= 0.6 is 11.3 Å². The standard InChI is InChI=1S/C13H13N5S/c14-13-2-1-10(5-16-13)12-6-15-8-18(12)4-3-11-7-19-9-17-11/h1-2,5-9H,3-4H2,(H2,14,16). The van der Waals surface area contributed by atoms with Gasteiger partial charge in [0.05, 0.1) is 29.4 Å². The highest BCUT2D eigenvalue weighted by molar-refractivity contribution is 7.07. The predicted molar refractivity (Wildman–Crippen MR) is 75.7 cm³/mol. The monoisotopic (exact) mass is 271 g/mol. The summed E-state index contributed by atoms with van der Waals surface area (Å²) in [6, 6.07) is 3.76. The fourth-order valence-electron chi connectivity index (χ4n) is 1.89. The van der Waals surface area contributed by atoms with E-state index >= 15 is 0 Å². The summed E-state index contributed by atoms with van der Waals surface area (Å²) in [4.78, 5) is 12.6. The van der Waals surface area contributed by atoms with Crippen molar-refractivity contribution < 1.29 is 0 Å². The van der Waals surface area contributed by atoms with Gasteiger partial charge in [0, 0.05) is 30.1 Å². The van der Waals surface area contributed by atoms with Gasteiger partial charge in [0.2, 0.25) is 0 Å². The Balaban J connectivity index is 1.80. The first-order chi connectivity index (χ1) is 9.33. The minimum atomic E-state index is 0.525. The molecular formula is C13H13N5S. The molecule has 0 bridgehead atoms. The third-order valence-corrected chi connectivity index (χ3v) is 3.52. The zero-order chi connectivity index (χ0) is 13.1. The molecule has 0 radical (unpaired) electrons. The highest BCUT2D eigenvalue weighted by atomic mass is 32.1. The second-order valence-electron chi connectivity index (χ2n) is 4.17. The van der Waals surface area contributed by atoms with Crippen molar-refractivity contribution in [1.29, 1.82) is 0 Å². The van der Waals surface area contributed by atoms with E-state index in [9.17, 15) is 0 Å². The molecule has 0 spiro atoms. The van der Waals surface area contributed by atoms with Gasteiger partial charge < -0.3 is 10.3 Å². The summed E-state index contributed by atoms with van der Waals surface area (Å²) < 4.78 is 2.10. The van der Waals surface area contributed by atoms with Crippen molar-refractivity contribution in [3.05, 3.63) is 47.4 Å². The van der Waals surface area contributed by atoms with Gasteiger partial charge in [0.15, 0.2) is 0 Å². The number of rotatable bonds is 4. The summed E-state index contributed by atoms with van der Waals surface area (Å²) in [5.41, 5.74) is 10.6. The molecule has 0 saturated carbocycles. The molecule has 0 aliphatic heterocycles. The summed E-state index contributed by atoms with van der Waals surface area (Å²) >= 11 is 1.62. The average Bonchev–Trinajstić information content (AvgIpc) is 3.08. The number of hydrogen-bond donors (Lipinski definition) is 1. The van der Waals surface area contributed by atoms with Crippen LogP contribution in [0.3, 0.4) is 0 Å². The summed E-state index contributed by atoms with van der Waals surface area (Å²) in [5, 5.41) is 2.07. The van der Waals surface area contributed by atoms with Crippen LogP contribution in [0, 0.1) is 0 Å². The third-order valence-electron chi connectivity index (χ3n) is 2.89. The summed E-state index contributed by atoms with van der Waals surface area (Å²) in [6.07, 6.45) is 6.34. The highest BCUT2D eigenvalue weighted by Crippen LogP contribution is 2.19. The molecule has 0 amide bonds. The van der Waals surface area contributed by atoms with E-state index in [0.717, 1.165) is 29.9 Å². The summed E-state index contributed by atoms with van der Waals surface area (Å²) in [7, 11) is 0. The van der Waals surface area contributed by atoms with E-state index in [1.165, 1.54) is 0 Å². The molecule has 0 fully saturated rings. The average molecular weight is 271 g/mol. The van der Waals surface area contributed by atoms with Crippen LogP contribution in [0.4, 0.5) is 5.82 Å². The van der Waals surface area contributed by atoms with E-state index in [2.05, 4.69) is 24.9 Å². The molecule has 0 aliphatic rings. The minimum Gasteiger partial charge on any atom is -0.384 e. The van der Waals surface area contributed by atoms with Gasteiger partial charge in [-0.05, 0) is 12.1 Å². The van der Waals surface area contributed by atoms with Gasteiger partial charge in [-0.3, -0.25) is 0 Å². The van der Waals surface area contributed by atoms with Crippen LogP contribution in [0.1, 0.15) is 5.69 Å². The zero-order valence-corrected chi connectivity index (χ0v) is 11.0. The van der Waals surface area contributed by atoms with Crippen LogP contribution in [-0.2, 0) is 13.0 Å². The molecule has 3 heterocycles. The molecule has 6 heteroatoms. The van der Waals surface area contributed by atoms with Gasteiger partial charge in [-0.15, -0.1) is 11.3 Å². The van der Waals surface area contributed by atoms with E-state index in [1.54, 1.807) is 23.6 Å². The summed E-state index contributed by atoms with van der Waals surface area (Å²) in [6.45, 7) is 0.851. The molecule has 5 nitrogen and oxygen atoms in total. The van der Waals surface area contributed by atoms with Crippen LogP contribution in [-0.4, -0.2) is 19.5 Å². The Morgan fingerprint density at radius 3 is 2.89 bits per heavy atom. The molecule has 2 N–H and O–H groups in total. The SMILES string of the molecule is Nc1ccc(-c2cncn2CCc2cscn2)cn1. The Hall–Kier alpha value is -2.21. The molecule has 3 aromatic rings. The quantitative estimate of drug-likeness (QED) is 0.790. The number of nitrogens with zero attached hydrogens (tertiary/aromatic N) is 4. The maximum atomic E-state index is 5.60. The van der Waals surface area contributed by atoms with Gasteiger partial charge in [0.1, 0.15) is 5.82 Å².